The van der Waals surface area contributed by atoms with Crippen LogP contribution in [0, 0.1) is 0 Å². The number of carboxylic acid groups (broad SMARTS) is 1. The van der Waals surface area contributed by atoms with Crippen LogP contribution in [0.5, 0.6) is 0 Å². The molecular weight excluding hydrogens is 398 g/mol. The lowest BCUT2D eigenvalue weighted by molar-refractivity contribution is -0.164. The van der Waals surface area contributed by atoms with Crippen molar-refractivity contribution in [2.75, 3.05) is 0 Å². The number of hydrogen-bond donors (Lipinski definition) is 2. The summed E-state index contributed by atoms with van der Waals surface area (Å²) in [5.41, 5.74) is 0.393. The minimum atomic E-state index is -1.60. The van der Waals surface area contributed by atoms with E-state index in [9.17, 15) is 24.6 Å². The number of amides is 1. The van der Waals surface area contributed by atoms with Gasteiger partial charge in [0.25, 0.3) is 5.91 Å². The maximum absolute atomic E-state index is 12.8. The molecule has 2 heterocycles. The van der Waals surface area contributed by atoms with Gasteiger partial charge in [-0.15, -0.1) is 11.8 Å². The average molecular weight is 414 g/mol. The number of carbonyl (C=O) groups is 3. The molecule has 2 saturated heterocycles. The Morgan fingerprint density at radius 3 is 2.42 bits per heavy atom. The van der Waals surface area contributed by atoms with Crippen molar-refractivity contribution in [3.8, 4) is 0 Å². The third-order valence-electron chi connectivity index (χ3n) is 4.45. The molecule has 2 aliphatic heterocycles. The summed E-state index contributed by atoms with van der Waals surface area (Å²) in [6.45, 7) is 3.46. The van der Waals surface area contributed by atoms with Crippen molar-refractivity contribution in [1.29, 1.82) is 0 Å². The van der Waals surface area contributed by atoms with E-state index in [-0.39, 0.29) is 0 Å². The van der Waals surface area contributed by atoms with Gasteiger partial charge in [0, 0.05) is 4.75 Å². The Hall–Kier alpha value is -1.38. The molecule has 1 aromatic carbocycles. The van der Waals surface area contributed by atoms with Crippen LogP contribution in [0.25, 0.3) is 0 Å². The van der Waals surface area contributed by atoms with Crippen LogP contribution in [0.3, 0.4) is 0 Å². The first kappa shape index (κ1) is 17.4. The fraction of sp³-hybridized carbons (Fsp3) is 0.438. The number of carboxylic acids is 1. The van der Waals surface area contributed by atoms with Crippen molar-refractivity contribution >= 4 is 45.4 Å². The number of Topliss-reactive ketones (excluding diaryl/α,β-unsaturated/α-hetero) is 1. The number of β-lactam (4-membered cyclic amide) rings is 1. The summed E-state index contributed by atoms with van der Waals surface area (Å²) < 4.78 is -2.34. The van der Waals surface area contributed by atoms with Crippen LogP contribution < -0.4 is 0 Å². The van der Waals surface area contributed by atoms with Gasteiger partial charge in [-0.1, -0.05) is 46.3 Å². The number of ketones is 1. The number of aliphatic hydroxyl groups excluding tert-OH is 1. The number of aliphatic carboxylic acids is 1. The normalized spacial score (nSPS) is 32.0. The van der Waals surface area contributed by atoms with Gasteiger partial charge in [-0.3, -0.25) is 9.59 Å². The van der Waals surface area contributed by atoms with E-state index in [2.05, 4.69) is 15.9 Å². The molecule has 2 fully saturated rings. The molecule has 0 bridgehead atoms. The third kappa shape index (κ3) is 2.23. The van der Waals surface area contributed by atoms with E-state index in [1.165, 1.54) is 16.7 Å². The summed E-state index contributed by atoms with van der Waals surface area (Å²) >= 11 is 4.47. The zero-order chi connectivity index (χ0) is 17.9. The fourth-order valence-electron chi connectivity index (χ4n) is 3.23. The molecule has 24 heavy (non-hydrogen) atoms. The zero-order valence-electron chi connectivity index (χ0n) is 13.0. The zero-order valence-corrected chi connectivity index (χ0v) is 15.4. The second-order valence-electron chi connectivity index (χ2n) is 6.42. The highest BCUT2D eigenvalue weighted by Crippen LogP contribution is 2.58. The molecule has 2 aliphatic rings. The van der Waals surface area contributed by atoms with Crippen molar-refractivity contribution in [2.24, 2.45) is 0 Å². The second-order valence-corrected chi connectivity index (χ2v) is 9.40. The Morgan fingerprint density at radius 1 is 1.29 bits per heavy atom. The van der Waals surface area contributed by atoms with Crippen molar-refractivity contribution in [3.05, 3.63) is 35.9 Å². The van der Waals surface area contributed by atoms with E-state index in [4.69, 9.17) is 0 Å². The summed E-state index contributed by atoms with van der Waals surface area (Å²) in [5.74, 6) is -2.39. The number of carbonyl (C=O) groups excluding carboxylic acids is 2. The van der Waals surface area contributed by atoms with Gasteiger partial charge in [0.2, 0.25) is 0 Å². The predicted octanol–water partition coefficient (Wildman–Crippen LogP) is 1.57. The number of fused-ring (bicyclic) bond motifs is 1. The Bertz CT molecular complexity index is 724. The van der Waals surface area contributed by atoms with Crippen molar-refractivity contribution in [2.45, 2.75) is 40.4 Å². The molecule has 3 rings (SSSR count). The summed E-state index contributed by atoms with van der Waals surface area (Å²) in [4.78, 5) is 38.1. The number of alkyl halides is 1. The van der Waals surface area contributed by atoms with Gasteiger partial charge in [-0.05, 0) is 19.4 Å². The largest absolute Gasteiger partial charge is 0.480 e. The number of thioether (sulfide) groups is 1. The minimum Gasteiger partial charge on any atom is -0.480 e. The maximum atomic E-state index is 12.8. The van der Waals surface area contributed by atoms with E-state index in [0.717, 1.165) is 0 Å². The van der Waals surface area contributed by atoms with Crippen molar-refractivity contribution in [3.63, 3.8) is 0 Å². The maximum Gasteiger partial charge on any atom is 0.327 e. The number of rotatable bonds is 4. The molecular formula is C16H16BrNO5S. The van der Waals surface area contributed by atoms with E-state index in [0.29, 0.717) is 5.56 Å². The van der Waals surface area contributed by atoms with Crippen LogP contribution >= 0.6 is 27.7 Å². The van der Waals surface area contributed by atoms with Gasteiger partial charge in [-0.25, -0.2) is 4.79 Å². The van der Waals surface area contributed by atoms with Crippen LogP contribution in [-0.2, 0) is 14.4 Å². The van der Waals surface area contributed by atoms with E-state index < -0.39 is 44.3 Å². The fourth-order valence-corrected chi connectivity index (χ4v) is 5.78. The van der Waals surface area contributed by atoms with E-state index in [1.54, 1.807) is 44.2 Å². The van der Waals surface area contributed by atoms with Crippen LogP contribution in [0.15, 0.2) is 30.3 Å². The summed E-state index contributed by atoms with van der Waals surface area (Å²) in [6, 6.07) is 7.34. The standard InChI is InChI=1S/C16H16BrNO5S/c1-15(2)10(12(21)22)18-13(23)16(17,14(18)24-15)11(20)9(19)8-6-4-3-5-7-8/h3-7,9-10,14,19H,1-2H3,(H,21,22)/t9?,10-,14+,16?/m0/s1. The Kier molecular flexibility index (Phi) is 4.05. The lowest BCUT2D eigenvalue weighted by Gasteiger charge is -2.49. The van der Waals surface area contributed by atoms with E-state index >= 15 is 0 Å². The average Bonchev–Trinajstić information content (AvgIpc) is 2.82. The van der Waals surface area contributed by atoms with Crippen LogP contribution in [0.1, 0.15) is 25.5 Å². The van der Waals surface area contributed by atoms with Crippen LogP contribution in [0.2, 0.25) is 0 Å². The van der Waals surface area contributed by atoms with Gasteiger partial charge in [0.1, 0.15) is 17.5 Å². The number of benzene rings is 1. The van der Waals surface area contributed by atoms with E-state index in [1.807, 2.05) is 0 Å². The van der Waals surface area contributed by atoms with Gasteiger partial charge >= 0.3 is 5.97 Å². The first-order valence-corrected chi connectivity index (χ1v) is 8.99. The van der Waals surface area contributed by atoms with Crippen molar-refractivity contribution < 1.29 is 24.6 Å². The minimum absolute atomic E-state index is 0.393. The highest BCUT2D eigenvalue weighted by Gasteiger charge is 2.74. The molecule has 1 amide bonds. The highest BCUT2D eigenvalue weighted by atomic mass is 79.9. The Labute approximate surface area is 151 Å². The van der Waals surface area contributed by atoms with Crippen LogP contribution in [-0.4, -0.2) is 53.3 Å². The molecule has 2 unspecified atom stereocenters. The van der Waals surface area contributed by atoms with Gasteiger partial charge < -0.3 is 15.1 Å². The Morgan fingerprint density at radius 2 is 1.88 bits per heavy atom. The number of nitrogens with zero attached hydrogens (tertiary/aromatic N) is 1. The first-order chi connectivity index (χ1) is 11.1. The first-order valence-electron chi connectivity index (χ1n) is 7.32. The third-order valence-corrected chi connectivity index (χ3v) is 7.55. The van der Waals surface area contributed by atoms with Gasteiger partial charge in [0.15, 0.2) is 10.1 Å². The summed E-state index contributed by atoms with van der Waals surface area (Å²) in [6.07, 6.45) is -1.45. The number of aliphatic hydroxyl groups is 1. The van der Waals surface area contributed by atoms with Crippen molar-refractivity contribution in [1.82, 2.24) is 4.90 Å². The smallest absolute Gasteiger partial charge is 0.327 e. The number of hydrogen-bond acceptors (Lipinski definition) is 5. The summed E-state index contributed by atoms with van der Waals surface area (Å²) in [7, 11) is 0. The molecule has 0 radical (unpaired) electrons. The molecule has 6 nitrogen and oxygen atoms in total. The van der Waals surface area contributed by atoms with Crippen LogP contribution in [0.4, 0.5) is 0 Å². The molecule has 2 N–H and O–H groups in total. The predicted molar refractivity (Wildman–Crippen MR) is 91.8 cm³/mol. The lowest BCUT2D eigenvalue weighted by atomic mass is 9.85. The molecule has 0 spiro atoms. The molecule has 128 valence electrons. The van der Waals surface area contributed by atoms with Gasteiger partial charge in [0.05, 0.1) is 0 Å². The Balaban J connectivity index is 1.92. The molecule has 0 aliphatic carbocycles. The lowest BCUT2D eigenvalue weighted by Crippen LogP contribution is -2.74. The molecule has 1 aromatic rings. The highest BCUT2D eigenvalue weighted by molar-refractivity contribution is 9.10. The summed E-state index contributed by atoms with van der Waals surface area (Å²) in [5, 5.41) is 19.1. The molecule has 8 heteroatoms. The molecule has 4 atom stereocenters. The second kappa shape index (κ2) is 5.57. The number of halogens is 1. The topological polar surface area (TPSA) is 94.9 Å². The quantitative estimate of drug-likeness (QED) is 0.441. The SMILES string of the molecule is CC1(C)S[C@H]2N(C(=O)C2(Br)C(=O)C(O)c2ccccc2)[C@H]1C(=O)O. The molecule has 0 saturated carbocycles. The molecule has 0 aromatic heterocycles. The van der Waals surface area contributed by atoms with Gasteiger partial charge in [-0.2, -0.15) is 0 Å². The monoisotopic (exact) mass is 413 g/mol.